The predicted octanol–water partition coefficient (Wildman–Crippen LogP) is 3.84. The van der Waals surface area contributed by atoms with Crippen molar-refractivity contribution < 1.29 is 23.4 Å². The number of aromatic nitrogens is 2. The number of nitrogens with zero attached hydrogens (tertiary/aromatic N) is 3. The van der Waals surface area contributed by atoms with E-state index >= 15 is 0 Å². The van der Waals surface area contributed by atoms with Gasteiger partial charge in [0.1, 0.15) is 17.6 Å². The smallest absolute Gasteiger partial charge is 0.338 e. The van der Waals surface area contributed by atoms with E-state index in [0.29, 0.717) is 37.9 Å². The van der Waals surface area contributed by atoms with E-state index in [-0.39, 0.29) is 19.0 Å². The number of fused-ring (bicyclic) bond motifs is 2. The average molecular weight is 546 g/mol. The fourth-order valence-electron chi connectivity index (χ4n) is 5.16. The van der Waals surface area contributed by atoms with Gasteiger partial charge in [0.05, 0.1) is 22.4 Å². The van der Waals surface area contributed by atoms with Crippen LogP contribution in [0.2, 0.25) is 0 Å². The number of rotatable bonds is 5. The Labute approximate surface area is 227 Å². The fraction of sp³-hybridized carbons (Fsp3) is 0.276. The lowest BCUT2D eigenvalue weighted by molar-refractivity contribution is -0.139. The molecule has 1 aromatic carbocycles. The van der Waals surface area contributed by atoms with Crippen LogP contribution in [-0.2, 0) is 9.53 Å². The SMILES string of the molecule is CCOC(=O)C1=C(C)N=c2s/c(=C/c3cc(C)n(-c4ccc5c(c4)OCO5)c3C)c(=O)n2[C@@H]1c1ccc(C)o1. The molecular weight excluding hydrogens is 518 g/mol. The summed E-state index contributed by atoms with van der Waals surface area (Å²) in [5, 5.41) is 0. The highest BCUT2D eigenvalue weighted by molar-refractivity contribution is 7.07. The molecule has 1 atom stereocenters. The van der Waals surface area contributed by atoms with Crippen LogP contribution in [0.4, 0.5) is 0 Å². The Kier molecular flexibility index (Phi) is 6.06. The third-order valence-corrected chi connectivity index (χ3v) is 7.90. The summed E-state index contributed by atoms with van der Waals surface area (Å²) in [7, 11) is 0. The molecule has 0 saturated heterocycles. The van der Waals surface area contributed by atoms with Gasteiger partial charge in [0.15, 0.2) is 16.3 Å². The molecule has 0 aliphatic carbocycles. The van der Waals surface area contributed by atoms with Crippen LogP contribution in [0, 0.1) is 20.8 Å². The van der Waals surface area contributed by atoms with Gasteiger partial charge in [-0.05, 0) is 76.6 Å². The molecule has 5 heterocycles. The molecule has 10 heteroatoms. The second-order valence-corrected chi connectivity index (χ2v) is 10.5. The van der Waals surface area contributed by atoms with Crippen LogP contribution in [-0.4, -0.2) is 28.5 Å². The van der Waals surface area contributed by atoms with Gasteiger partial charge >= 0.3 is 5.97 Å². The van der Waals surface area contributed by atoms with Crippen LogP contribution in [0.1, 0.15) is 48.4 Å². The second kappa shape index (κ2) is 9.46. The Bertz CT molecular complexity index is 1850. The molecule has 2 aliphatic rings. The van der Waals surface area contributed by atoms with Gasteiger partial charge in [-0.25, -0.2) is 9.79 Å². The van der Waals surface area contributed by atoms with Gasteiger partial charge in [-0.3, -0.25) is 9.36 Å². The molecule has 0 spiro atoms. The third-order valence-electron chi connectivity index (χ3n) is 6.92. The van der Waals surface area contributed by atoms with Gasteiger partial charge in [0, 0.05) is 23.1 Å². The minimum Gasteiger partial charge on any atom is -0.464 e. The summed E-state index contributed by atoms with van der Waals surface area (Å²) in [5.41, 5.74) is 4.38. The first-order valence-corrected chi connectivity index (χ1v) is 13.4. The van der Waals surface area contributed by atoms with Crippen molar-refractivity contribution in [3.63, 3.8) is 0 Å². The summed E-state index contributed by atoms with van der Waals surface area (Å²) >= 11 is 1.28. The molecule has 2 aliphatic heterocycles. The van der Waals surface area contributed by atoms with E-state index < -0.39 is 12.0 Å². The molecule has 9 nitrogen and oxygen atoms in total. The summed E-state index contributed by atoms with van der Waals surface area (Å²) < 4.78 is 26.4. The molecule has 0 bridgehead atoms. The Morgan fingerprint density at radius 2 is 1.92 bits per heavy atom. The van der Waals surface area contributed by atoms with Crippen molar-refractivity contribution in [2.24, 2.45) is 4.99 Å². The first-order chi connectivity index (χ1) is 18.8. The predicted molar refractivity (Wildman–Crippen MR) is 145 cm³/mol. The molecule has 3 aromatic heterocycles. The first kappa shape index (κ1) is 25.0. The Morgan fingerprint density at radius 1 is 1.13 bits per heavy atom. The molecule has 0 unspecified atom stereocenters. The highest BCUT2D eigenvalue weighted by Gasteiger charge is 2.35. The van der Waals surface area contributed by atoms with E-state index in [2.05, 4.69) is 9.56 Å². The zero-order chi connectivity index (χ0) is 27.4. The van der Waals surface area contributed by atoms with Gasteiger partial charge in [0.2, 0.25) is 6.79 Å². The molecular formula is C29H27N3O6S. The van der Waals surface area contributed by atoms with E-state index in [1.165, 1.54) is 15.9 Å². The minimum atomic E-state index is -0.766. The summed E-state index contributed by atoms with van der Waals surface area (Å²) in [6, 6.07) is 10.7. The van der Waals surface area contributed by atoms with E-state index in [9.17, 15) is 9.59 Å². The third kappa shape index (κ3) is 4.11. The van der Waals surface area contributed by atoms with Crippen LogP contribution in [0.15, 0.2) is 61.9 Å². The quantitative estimate of drug-likeness (QED) is 0.354. The summed E-state index contributed by atoms with van der Waals surface area (Å²) in [6.45, 7) is 9.78. The zero-order valence-corrected chi connectivity index (χ0v) is 23.0. The molecule has 6 rings (SSSR count). The van der Waals surface area contributed by atoms with Crippen molar-refractivity contribution in [1.82, 2.24) is 9.13 Å². The molecule has 0 fully saturated rings. The largest absolute Gasteiger partial charge is 0.464 e. The maximum Gasteiger partial charge on any atom is 0.338 e. The number of carbonyl (C=O) groups is 1. The molecule has 0 radical (unpaired) electrons. The topological polar surface area (TPSA) is 97.2 Å². The molecule has 4 aromatic rings. The lowest BCUT2D eigenvalue weighted by Gasteiger charge is -2.22. The maximum absolute atomic E-state index is 13.9. The molecule has 0 saturated carbocycles. The number of hydrogen-bond donors (Lipinski definition) is 0. The first-order valence-electron chi connectivity index (χ1n) is 12.6. The normalized spacial score (nSPS) is 16.4. The molecule has 0 amide bonds. The van der Waals surface area contributed by atoms with Crippen LogP contribution >= 0.6 is 11.3 Å². The van der Waals surface area contributed by atoms with Crippen molar-refractivity contribution in [3.8, 4) is 17.2 Å². The van der Waals surface area contributed by atoms with E-state index in [4.69, 9.17) is 18.6 Å². The number of thiazole rings is 1. The van der Waals surface area contributed by atoms with Crippen molar-refractivity contribution in [2.45, 2.75) is 40.7 Å². The highest BCUT2D eigenvalue weighted by Crippen LogP contribution is 2.35. The average Bonchev–Trinajstić information content (AvgIpc) is 3.66. The number of furan rings is 1. The van der Waals surface area contributed by atoms with Crippen molar-refractivity contribution >= 4 is 23.4 Å². The zero-order valence-electron chi connectivity index (χ0n) is 22.2. The Balaban J connectivity index is 1.49. The summed E-state index contributed by atoms with van der Waals surface area (Å²) in [6.07, 6.45) is 1.88. The van der Waals surface area contributed by atoms with Crippen LogP contribution in [0.3, 0.4) is 0 Å². The van der Waals surface area contributed by atoms with Crippen LogP contribution < -0.4 is 24.4 Å². The van der Waals surface area contributed by atoms with Crippen LogP contribution in [0.5, 0.6) is 11.5 Å². The van der Waals surface area contributed by atoms with Crippen molar-refractivity contribution in [2.75, 3.05) is 13.4 Å². The lowest BCUT2D eigenvalue weighted by atomic mass is 10.0. The maximum atomic E-state index is 13.9. The number of esters is 1. The van der Waals surface area contributed by atoms with E-state index in [1.807, 2.05) is 57.2 Å². The number of carbonyl (C=O) groups excluding carboxylic acids is 1. The van der Waals surface area contributed by atoms with Crippen molar-refractivity contribution in [3.05, 3.63) is 95.8 Å². The van der Waals surface area contributed by atoms with E-state index in [0.717, 1.165) is 28.4 Å². The molecule has 0 N–H and O–H groups in total. The number of hydrogen-bond acceptors (Lipinski definition) is 8. The molecule has 200 valence electrons. The minimum absolute atomic E-state index is 0.211. The molecule has 39 heavy (non-hydrogen) atoms. The van der Waals surface area contributed by atoms with Gasteiger partial charge in [0.25, 0.3) is 5.56 Å². The number of ether oxygens (including phenoxy) is 3. The number of allylic oxidation sites excluding steroid dienone is 1. The summed E-state index contributed by atoms with van der Waals surface area (Å²) in [5.74, 6) is 2.08. The van der Waals surface area contributed by atoms with Crippen LogP contribution in [0.25, 0.3) is 11.8 Å². The van der Waals surface area contributed by atoms with Gasteiger partial charge in [-0.1, -0.05) is 11.3 Å². The van der Waals surface area contributed by atoms with E-state index in [1.54, 1.807) is 19.9 Å². The highest BCUT2D eigenvalue weighted by atomic mass is 32.1. The number of aryl methyl sites for hydroxylation is 2. The Morgan fingerprint density at radius 3 is 2.67 bits per heavy atom. The van der Waals surface area contributed by atoms with Gasteiger partial charge in [-0.15, -0.1) is 0 Å². The monoisotopic (exact) mass is 545 g/mol. The second-order valence-electron chi connectivity index (χ2n) is 9.45. The van der Waals surface area contributed by atoms with Crippen molar-refractivity contribution in [1.29, 1.82) is 0 Å². The Hall–Kier alpha value is -4.31. The van der Waals surface area contributed by atoms with Gasteiger partial charge in [-0.2, -0.15) is 0 Å². The fourth-order valence-corrected chi connectivity index (χ4v) is 6.20. The van der Waals surface area contributed by atoms with Gasteiger partial charge < -0.3 is 23.2 Å². The summed E-state index contributed by atoms with van der Waals surface area (Å²) in [4.78, 5) is 32.0. The standard InChI is InChI=1S/C29H27N3O6S/c1-6-35-28(34)25-17(4)30-29-32(26(25)22-9-7-16(3)38-22)27(33)24(39-29)12-19-11-15(2)31(18(19)5)20-8-10-21-23(13-20)37-14-36-21/h7-13,26H,6,14H2,1-5H3/b24-12+/t26-/m1/s1. The lowest BCUT2D eigenvalue weighted by Crippen LogP contribution is -2.39. The number of benzene rings is 1.